The molecule has 1 aliphatic carbocycles. The van der Waals surface area contributed by atoms with Crippen LogP contribution in [0.4, 0.5) is 0 Å². The van der Waals surface area contributed by atoms with Gasteiger partial charge in [-0.2, -0.15) is 0 Å². The number of allylic oxidation sites excluding steroid dienone is 1. The van der Waals surface area contributed by atoms with Gasteiger partial charge in [-0.05, 0) is 39.5 Å². The van der Waals surface area contributed by atoms with Crippen LogP contribution in [0.15, 0.2) is 12.2 Å². The average molecular weight is 195 g/mol. The Balaban J connectivity index is 1.95. The predicted octanol–water partition coefficient (Wildman–Crippen LogP) is 2.25. The molecule has 0 aromatic carbocycles. The minimum Gasteiger partial charge on any atom is -0.377 e. The Labute approximate surface area is 86.7 Å². The normalized spacial score (nSPS) is 43.0. The van der Waals surface area contributed by atoms with E-state index in [0.717, 1.165) is 13.0 Å². The van der Waals surface area contributed by atoms with Crippen molar-refractivity contribution >= 4 is 0 Å². The van der Waals surface area contributed by atoms with Gasteiger partial charge in [-0.25, -0.2) is 0 Å². The van der Waals surface area contributed by atoms with Gasteiger partial charge in [0.15, 0.2) is 0 Å². The van der Waals surface area contributed by atoms with Crippen molar-refractivity contribution in [2.75, 3.05) is 6.61 Å². The number of ether oxygens (including phenoxy) is 1. The van der Waals surface area contributed by atoms with Crippen LogP contribution in [-0.4, -0.2) is 24.3 Å². The molecule has 0 saturated carbocycles. The molecule has 2 rings (SSSR count). The topological polar surface area (TPSA) is 21.3 Å². The number of hydrogen-bond acceptors (Lipinski definition) is 2. The van der Waals surface area contributed by atoms with Crippen molar-refractivity contribution < 1.29 is 4.74 Å². The Hall–Kier alpha value is -0.340. The number of nitrogens with one attached hydrogen (secondary N) is 1. The summed E-state index contributed by atoms with van der Waals surface area (Å²) in [5.74, 6) is 0. The van der Waals surface area contributed by atoms with E-state index in [-0.39, 0.29) is 5.54 Å². The fourth-order valence-corrected chi connectivity index (χ4v) is 2.38. The van der Waals surface area contributed by atoms with Gasteiger partial charge in [0.1, 0.15) is 0 Å². The van der Waals surface area contributed by atoms with Gasteiger partial charge < -0.3 is 10.1 Å². The molecular formula is C12H21NO. The summed E-state index contributed by atoms with van der Waals surface area (Å²) in [5, 5.41) is 3.73. The van der Waals surface area contributed by atoms with Gasteiger partial charge in [0, 0.05) is 18.2 Å². The summed E-state index contributed by atoms with van der Waals surface area (Å²) in [6.45, 7) is 5.36. The first-order chi connectivity index (χ1) is 6.71. The summed E-state index contributed by atoms with van der Waals surface area (Å²) >= 11 is 0. The zero-order valence-corrected chi connectivity index (χ0v) is 9.25. The first-order valence-electron chi connectivity index (χ1n) is 5.77. The van der Waals surface area contributed by atoms with Crippen LogP contribution in [0.25, 0.3) is 0 Å². The summed E-state index contributed by atoms with van der Waals surface area (Å²) < 4.78 is 5.62. The largest absolute Gasteiger partial charge is 0.377 e. The maximum absolute atomic E-state index is 5.62. The third-order valence-electron chi connectivity index (χ3n) is 3.66. The Morgan fingerprint density at radius 3 is 2.93 bits per heavy atom. The second-order valence-corrected chi connectivity index (χ2v) is 4.79. The van der Waals surface area contributed by atoms with Gasteiger partial charge in [0.25, 0.3) is 0 Å². The van der Waals surface area contributed by atoms with Gasteiger partial charge in [-0.15, -0.1) is 0 Å². The summed E-state index contributed by atoms with van der Waals surface area (Å²) in [5.41, 5.74) is 0.187. The Bertz CT molecular complexity index is 226. The van der Waals surface area contributed by atoms with Crippen LogP contribution < -0.4 is 5.32 Å². The lowest BCUT2D eigenvalue weighted by atomic mass is 9.91. The highest BCUT2D eigenvalue weighted by molar-refractivity contribution is 5.03. The Morgan fingerprint density at radius 1 is 1.50 bits per heavy atom. The zero-order chi connectivity index (χ0) is 10.0. The van der Waals surface area contributed by atoms with E-state index in [0.29, 0.717) is 12.1 Å². The van der Waals surface area contributed by atoms with Crippen molar-refractivity contribution in [3.63, 3.8) is 0 Å². The summed E-state index contributed by atoms with van der Waals surface area (Å²) in [7, 11) is 0. The third kappa shape index (κ3) is 2.01. The summed E-state index contributed by atoms with van der Waals surface area (Å²) in [6.07, 6.45) is 9.94. The molecule has 0 aromatic heterocycles. The molecule has 0 radical (unpaired) electrons. The molecule has 0 bridgehead atoms. The molecule has 1 aliphatic heterocycles. The van der Waals surface area contributed by atoms with Crippen LogP contribution in [0.2, 0.25) is 0 Å². The third-order valence-corrected chi connectivity index (χ3v) is 3.66. The van der Waals surface area contributed by atoms with E-state index in [9.17, 15) is 0 Å². The fraction of sp³-hybridized carbons (Fsp3) is 0.833. The molecule has 1 fully saturated rings. The van der Waals surface area contributed by atoms with Gasteiger partial charge in [0.2, 0.25) is 0 Å². The van der Waals surface area contributed by atoms with Crippen LogP contribution in [-0.2, 0) is 4.74 Å². The maximum Gasteiger partial charge on any atom is 0.0726 e. The van der Waals surface area contributed by atoms with E-state index in [2.05, 4.69) is 31.3 Å². The highest BCUT2D eigenvalue weighted by Gasteiger charge is 2.37. The van der Waals surface area contributed by atoms with E-state index in [1.54, 1.807) is 0 Å². The van der Waals surface area contributed by atoms with Crippen LogP contribution >= 0.6 is 0 Å². The second-order valence-electron chi connectivity index (χ2n) is 4.79. The Morgan fingerprint density at radius 2 is 2.36 bits per heavy atom. The van der Waals surface area contributed by atoms with Gasteiger partial charge in [-0.1, -0.05) is 12.2 Å². The van der Waals surface area contributed by atoms with Crippen molar-refractivity contribution in [1.82, 2.24) is 5.32 Å². The molecule has 1 saturated heterocycles. The first-order valence-corrected chi connectivity index (χ1v) is 5.77. The van der Waals surface area contributed by atoms with Crippen molar-refractivity contribution in [1.29, 1.82) is 0 Å². The van der Waals surface area contributed by atoms with E-state index < -0.39 is 0 Å². The maximum atomic E-state index is 5.62. The highest BCUT2D eigenvalue weighted by Crippen LogP contribution is 2.27. The summed E-state index contributed by atoms with van der Waals surface area (Å²) in [6, 6.07) is 0.567. The smallest absolute Gasteiger partial charge is 0.0726 e. The zero-order valence-electron chi connectivity index (χ0n) is 9.25. The molecular weight excluding hydrogens is 174 g/mol. The number of hydrogen-bond donors (Lipinski definition) is 1. The first kappa shape index (κ1) is 10.2. The van der Waals surface area contributed by atoms with Gasteiger partial charge in [0.05, 0.1) is 6.10 Å². The monoisotopic (exact) mass is 195 g/mol. The van der Waals surface area contributed by atoms with Gasteiger partial charge >= 0.3 is 0 Å². The predicted molar refractivity (Wildman–Crippen MR) is 58.4 cm³/mol. The molecule has 3 unspecified atom stereocenters. The standard InChI is InChI=1S/C12H21NO/c1-10-12(2,8-9-14-10)13-11-6-4-3-5-7-11/h4,6,10-11,13H,3,5,7-9H2,1-2H3. The SMILES string of the molecule is CC1OCCC1(C)NC1C=CCCC1. The molecule has 2 nitrogen and oxygen atoms in total. The summed E-state index contributed by atoms with van der Waals surface area (Å²) in [4.78, 5) is 0. The molecule has 1 N–H and O–H groups in total. The molecule has 1 heterocycles. The van der Waals surface area contributed by atoms with E-state index in [1.165, 1.54) is 19.3 Å². The lowest BCUT2D eigenvalue weighted by Crippen LogP contribution is -2.52. The van der Waals surface area contributed by atoms with Crippen LogP contribution in [0.1, 0.15) is 39.5 Å². The molecule has 0 aromatic rings. The van der Waals surface area contributed by atoms with E-state index >= 15 is 0 Å². The molecule has 3 atom stereocenters. The quantitative estimate of drug-likeness (QED) is 0.682. The molecule has 2 heteroatoms. The lowest BCUT2D eigenvalue weighted by Gasteiger charge is -2.33. The molecule has 0 spiro atoms. The molecule has 14 heavy (non-hydrogen) atoms. The van der Waals surface area contributed by atoms with E-state index in [4.69, 9.17) is 4.74 Å². The average Bonchev–Trinajstić information content (AvgIpc) is 2.48. The van der Waals surface area contributed by atoms with E-state index in [1.807, 2.05) is 0 Å². The highest BCUT2D eigenvalue weighted by atomic mass is 16.5. The Kier molecular flexibility index (Phi) is 2.93. The van der Waals surface area contributed by atoms with Crippen molar-refractivity contribution in [3.05, 3.63) is 12.2 Å². The molecule has 0 amide bonds. The van der Waals surface area contributed by atoms with Crippen molar-refractivity contribution in [2.24, 2.45) is 0 Å². The second kappa shape index (κ2) is 4.03. The van der Waals surface area contributed by atoms with Crippen molar-refractivity contribution in [2.45, 2.75) is 57.2 Å². The fourth-order valence-electron chi connectivity index (χ4n) is 2.38. The molecule has 2 aliphatic rings. The molecule has 80 valence electrons. The minimum absolute atomic E-state index is 0.187. The van der Waals surface area contributed by atoms with Crippen molar-refractivity contribution in [3.8, 4) is 0 Å². The number of rotatable bonds is 2. The van der Waals surface area contributed by atoms with Gasteiger partial charge in [-0.3, -0.25) is 0 Å². The van der Waals surface area contributed by atoms with Crippen LogP contribution in [0, 0.1) is 0 Å². The lowest BCUT2D eigenvalue weighted by molar-refractivity contribution is 0.0856. The van der Waals surface area contributed by atoms with Crippen LogP contribution in [0.5, 0.6) is 0 Å². The van der Waals surface area contributed by atoms with Crippen LogP contribution in [0.3, 0.4) is 0 Å². The minimum atomic E-state index is 0.187.